The van der Waals surface area contributed by atoms with E-state index in [1.807, 2.05) is 30.3 Å². The van der Waals surface area contributed by atoms with Gasteiger partial charge in [-0.3, -0.25) is 9.78 Å². The number of nitrogens with zero attached hydrogens (tertiary/aromatic N) is 2. The maximum absolute atomic E-state index is 13.0. The largest absolute Gasteiger partial charge is 0.480 e. The molecular weight excluding hydrogens is 476 g/mol. The number of hydrogen-bond acceptors (Lipinski definition) is 6. The number of rotatable bonds is 8. The van der Waals surface area contributed by atoms with Crippen LogP contribution in [0.2, 0.25) is 0 Å². The van der Waals surface area contributed by atoms with Crippen LogP contribution in [0, 0.1) is 0 Å². The van der Waals surface area contributed by atoms with E-state index in [9.17, 15) is 24.3 Å². The van der Waals surface area contributed by atoms with Gasteiger partial charge < -0.3 is 25.4 Å². The number of carboxylic acid groups (broad SMARTS) is 1. The average molecular weight is 503 g/mol. The van der Waals surface area contributed by atoms with Crippen molar-refractivity contribution < 1.29 is 29.0 Å². The van der Waals surface area contributed by atoms with E-state index >= 15 is 0 Å². The number of anilines is 1. The second kappa shape index (κ2) is 11.8. The number of carbonyl (C=O) groups excluding carboxylic acids is 3. The maximum Gasteiger partial charge on any atom is 0.338 e. The van der Waals surface area contributed by atoms with E-state index in [0.29, 0.717) is 24.2 Å². The highest BCUT2D eigenvalue weighted by atomic mass is 16.5. The molecular formula is C27H26N4O6. The number of urea groups is 1. The third-order valence-electron chi connectivity index (χ3n) is 5.96. The van der Waals surface area contributed by atoms with Crippen LogP contribution in [-0.2, 0) is 20.9 Å². The van der Waals surface area contributed by atoms with E-state index in [1.54, 1.807) is 42.6 Å². The van der Waals surface area contributed by atoms with Crippen molar-refractivity contribution in [1.29, 1.82) is 0 Å². The van der Waals surface area contributed by atoms with Gasteiger partial charge in [-0.2, -0.15) is 0 Å². The van der Waals surface area contributed by atoms with Crippen LogP contribution >= 0.6 is 0 Å². The van der Waals surface area contributed by atoms with Crippen molar-refractivity contribution in [3.8, 4) is 0 Å². The topological polar surface area (TPSA) is 138 Å². The Morgan fingerprint density at radius 2 is 1.76 bits per heavy atom. The number of nitrogens with one attached hydrogen (secondary N) is 2. The summed E-state index contributed by atoms with van der Waals surface area (Å²) in [5.41, 5.74) is 2.03. The first kappa shape index (κ1) is 25.4. The zero-order valence-corrected chi connectivity index (χ0v) is 19.9. The van der Waals surface area contributed by atoms with Crippen molar-refractivity contribution in [2.75, 3.05) is 11.9 Å². The second-order valence-corrected chi connectivity index (χ2v) is 8.45. The molecule has 3 aromatic rings. The lowest BCUT2D eigenvalue weighted by molar-refractivity contribution is -0.149. The first-order valence-electron chi connectivity index (χ1n) is 11.7. The van der Waals surface area contributed by atoms with Crippen molar-refractivity contribution in [3.63, 3.8) is 0 Å². The van der Waals surface area contributed by atoms with Crippen LogP contribution in [0.25, 0.3) is 0 Å². The molecule has 3 amide bonds. The lowest BCUT2D eigenvalue weighted by Crippen LogP contribution is -2.47. The van der Waals surface area contributed by atoms with Crippen molar-refractivity contribution in [3.05, 3.63) is 95.8 Å². The molecule has 0 saturated carbocycles. The Morgan fingerprint density at radius 1 is 0.973 bits per heavy atom. The van der Waals surface area contributed by atoms with Crippen molar-refractivity contribution in [1.82, 2.24) is 15.2 Å². The number of aliphatic carboxylic acids is 1. The Kier molecular flexibility index (Phi) is 8.09. The van der Waals surface area contributed by atoms with Gasteiger partial charge in [-0.25, -0.2) is 14.4 Å². The van der Waals surface area contributed by atoms with Crippen molar-refractivity contribution in [2.45, 2.75) is 31.5 Å². The lowest BCUT2D eigenvalue weighted by Gasteiger charge is -2.28. The molecule has 10 heteroatoms. The van der Waals surface area contributed by atoms with Gasteiger partial charge in [0, 0.05) is 11.9 Å². The fraction of sp³-hybridized carbons (Fsp3) is 0.222. The molecule has 1 aliphatic rings. The van der Waals surface area contributed by atoms with Gasteiger partial charge >= 0.3 is 18.0 Å². The molecule has 4 rings (SSSR count). The molecule has 0 aliphatic carbocycles. The molecule has 1 aliphatic heterocycles. The summed E-state index contributed by atoms with van der Waals surface area (Å²) in [6, 6.07) is 18.6. The predicted molar refractivity (Wildman–Crippen MR) is 134 cm³/mol. The molecule has 0 bridgehead atoms. The van der Waals surface area contributed by atoms with Gasteiger partial charge in [-0.15, -0.1) is 0 Å². The SMILES string of the molecule is O=C(NCC(=O)N1C(c2ccccn2)CC[C@H]1C(=O)O)Nc1cccc(C(=O)OCc2ccccc2)c1. The average Bonchev–Trinajstić information content (AvgIpc) is 3.37. The fourth-order valence-corrected chi connectivity index (χ4v) is 4.22. The minimum absolute atomic E-state index is 0.118. The molecule has 2 heterocycles. The molecule has 190 valence electrons. The summed E-state index contributed by atoms with van der Waals surface area (Å²) in [7, 11) is 0. The number of likely N-dealkylation sites (tertiary alicyclic amines) is 1. The van der Waals surface area contributed by atoms with Gasteiger partial charge in [-0.1, -0.05) is 42.5 Å². The van der Waals surface area contributed by atoms with Crippen LogP contribution in [0.3, 0.4) is 0 Å². The van der Waals surface area contributed by atoms with Crippen LogP contribution in [0.1, 0.15) is 40.5 Å². The van der Waals surface area contributed by atoms with Gasteiger partial charge in [0.05, 0.1) is 23.8 Å². The Labute approximate surface area is 213 Å². The predicted octanol–water partition coefficient (Wildman–Crippen LogP) is 3.38. The highest BCUT2D eigenvalue weighted by molar-refractivity contribution is 5.95. The molecule has 10 nitrogen and oxygen atoms in total. The van der Waals surface area contributed by atoms with Crippen LogP contribution < -0.4 is 10.6 Å². The number of carbonyl (C=O) groups is 4. The summed E-state index contributed by atoms with van der Waals surface area (Å²) < 4.78 is 5.32. The summed E-state index contributed by atoms with van der Waals surface area (Å²) >= 11 is 0. The summed E-state index contributed by atoms with van der Waals surface area (Å²) in [5.74, 6) is -2.18. The van der Waals surface area contributed by atoms with E-state index in [2.05, 4.69) is 15.6 Å². The Hall–Kier alpha value is -4.73. The van der Waals surface area contributed by atoms with Crippen LogP contribution in [0.5, 0.6) is 0 Å². The number of pyridine rings is 1. The van der Waals surface area contributed by atoms with Crippen molar-refractivity contribution in [2.24, 2.45) is 0 Å². The van der Waals surface area contributed by atoms with Crippen LogP contribution in [0.4, 0.5) is 10.5 Å². The van der Waals surface area contributed by atoms with Gasteiger partial charge in [0.2, 0.25) is 5.91 Å². The molecule has 37 heavy (non-hydrogen) atoms. The van der Waals surface area contributed by atoms with Gasteiger partial charge in [0.25, 0.3) is 0 Å². The quantitative estimate of drug-likeness (QED) is 0.402. The van der Waals surface area contributed by atoms with Gasteiger partial charge in [-0.05, 0) is 48.7 Å². The molecule has 1 aromatic heterocycles. The smallest absolute Gasteiger partial charge is 0.338 e. The standard InChI is InChI=1S/C27H26N4O6/c32-24(31-22(12-13-23(31)25(33)34)21-11-4-5-14-28-21)16-29-27(36)30-20-10-6-9-19(15-20)26(35)37-17-18-7-2-1-3-8-18/h1-11,14-15,22-23H,12-13,16-17H2,(H,33,34)(H2,29,30,36)/t22?,23-/m0/s1. The zero-order valence-electron chi connectivity index (χ0n) is 19.9. The Balaban J connectivity index is 1.33. The molecule has 2 aromatic carbocycles. The van der Waals surface area contributed by atoms with E-state index in [1.165, 1.54) is 11.0 Å². The maximum atomic E-state index is 13.0. The molecule has 3 N–H and O–H groups in total. The van der Waals surface area contributed by atoms with E-state index in [4.69, 9.17) is 4.74 Å². The van der Waals surface area contributed by atoms with E-state index < -0.39 is 42.5 Å². The molecule has 0 radical (unpaired) electrons. The Morgan fingerprint density at radius 3 is 2.49 bits per heavy atom. The number of esters is 1. The highest BCUT2D eigenvalue weighted by Crippen LogP contribution is 2.35. The number of amides is 3. The molecule has 2 atom stereocenters. The number of carboxylic acids is 1. The number of ether oxygens (including phenoxy) is 1. The second-order valence-electron chi connectivity index (χ2n) is 8.45. The van der Waals surface area contributed by atoms with Crippen LogP contribution in [0.15, 0.2) is 79.0 Å². The lowest BCUT2D eigenvalue weighted by atomic mass is 10.1. The van der Waals surface area contributed by atoms with Gasteiger partial charge in [0.1, 0.15) is 12.6 Å². The number of hydrogen-bond donors (Lipinski definition) is 3. The van der Waals surface area contributed by atoms with Crippen LogP contribution in [-0.4, -0.2) is 51.5 Å². The summed E-state index contributed by atoms with van der Waals surface area (Å²) in [5, 5.41) is 14.6. The van der Waals surface area contributed by atoms with Gasteiger partial charge in [0.15, 0.2) is 0 Å². The molecule has 0 spiro atoms. The summed E-state index contributed by atoms with van der Waals surface area (Å²) in [4.78, 5) is 55.1. The number of aromatic nitrogens is 1. The third kappa shape index (κ3) is 6.49. The first-order valence-corrected chi connectivity index (χ1v) is 11.7. The molecule has 1 fully saturated rings. The fourth-order valence-electron chi connectivity index (χ4n) is 4.22. The monoisotopic (exact) mass is 502 g/mol. The normalized spacial score (nSPS) is 16.6. The molecule has 1 unspecified atom stereocenters. The Bertz CT molecular complexity index is 1270. The summed E-state index contributed by atoms with van der Waals surface area (Å²) in [6.07, 6.45) is 2.34. The van der Waals surface area contributed by atoms with E-state index in [0.717, 1.165) is 5.56 Å². The first-order chi connectivity index (χ1) is 17.9. The highest BCUT2D eigenvalue weighted by Gasteiger charge is 2.42. The minimum atomic E-state index is -1.10. The third-order valence-corrected chi connectivity index (χ3v) is 5.96. The number of benzene rings is 2. The van der Waals surface area contributed by atoms with E-state index in [-0.39, 0.29) is 12.2 Å². The molecule has 1 saturated heterocycles. The minimum Gasteiger partial charge on any atom is -0.480 e. The zero-order chi connectivity index (χ0) is 26.2. The van der Waals surface area contributed by atoms with Crippen molar-refractivity contribution >= 4 is 29.6 Å². The summed E-state index contributed by atoms with van der Waals surface area (Å²) in [6.45, 7) is -0.287.